The van der Waals surface area contributed by atoms with Crippen LogP contribution in [0.3, 0.4) is 0 Å². The van der Waals surface area contributed by atoms with E-state index in [0.717, 1.165) is 18.1 Å². The smallest absolute Gasteiger partial charge is 0.232 e. The van der Waals surface area contributed by atoms with Gasteiger partial charge in [-0.05, 0) is 50.6 Å². The van der Waals surface area contributed by atoms with Crippen LogP contribution in [-0.2, 0) is 10.0 Å². The molecule has 0 amide bonds. The van der Waals surface area contributed by atoms with Crippen molar-refractivity contribution in [3.05, 3.63) is 48.2 Å². The Morgan fingerprint density at radius 3 is 2.50 bits per heavy atom. The van der Waals surface area contributed by atoms with Crippen molar-refractivity contribution in [1.82, 2.24) is 4.98 Å². The van der Waals surface area contributed by atoms with Gasteiger partial charge in [-0.1, -0.05) is 12.1 Å². The Bertz CT molecular complexity index is 727. The van der Waals surface area contributed by atoms with Gasteiger partial charge < -0.3 is 4.90 Å². The van der Waals surface area contributed by atoms with E-state index in [1.807, 2.05) is 31.2 Å². The molecule has 0 saturated carbocycles. The number of nitrogens with zero attached hydrogens (tertiary/aromatic N) is 2. The minimum Gasteiger partial charge on any atom is -0.327 e. The number of anilines is 3. The summed E-state index contributed by atoms with van der Waals surface area (Å²) in [6.45, 7) is 6.47. The summed E-state index contributed by atoms with van der Waals surface area (Å²) in [7, 11) is -3.27. The summed E-state index contributed by atoms with van der Waals surface area (Å²) in [6, 6.07) is 11.7. The van der Waals surface area contributed by atoms with Crippen LogP contribution in [0.1, 0.15) is 19.4 Å². The second-order valence-electron chi connectivity index (χ2n) is 4.99. The Kier molecular flexibility index (Phi) is 5.03. The lowest BCUT2D eigenvalue weighted by atomic mass is 10.2. The van der Waals surface area contributed by atoms with Crippen molar-refractivity contribution in [3.63, 3.8) is 0 Å². The monoisotopic (exact) mass is 319 g/mol. The standard InChI is InChI=1S/C16H21N3O2S/c1-4-19(15-8-6-7-13(3)11-15)16-10-9-14(12-17-16)18-22(20,21)5-2/h6-12,18H,4-5H2,1-3H3. The molecule has 118 valence electrons. The molecule has 5 nitrogen and oxygen atoms in total. The number of hydrogen-bond acceptors (Lipinski definition) is 4. The molecule has 0 aliphatic carbocycles. The summed E-state index contributed by atoms with van der Waals surface area (Å²) < 4.78 is 25.6. The topological polar surface area (TPSA) is 62.3 Å². The third-order valence-electron chi connectivity index (χ3n) is 3.31. The molecule has 0 aliphatic rings. The van der Waals surface area contributed by atoms with E-state index in [1.54, 1.807) is 19.2 Å². The summed E-state index contributed by atoms with van der Waals surface area (Å²) in [5.41, 5.74) is 2.73. The van der Waals surface area contributed by atoms with Gasteiger partial charge in [0.05, 0.1) is 17.6 Å². The maximum atomic E-state index is 11.6. The fraction of sp³-hybridized carbons (Fsp3) is 0.312. The summed E-state index contributed by atoms with van der Waals surface area (Å²) >= 11 is 0. The SMILES string of the molecule is CCN(c1cccc(C)c1)c1ccc(NS(=O)(=O)CC)cn1. The molecule has 0 unspecified atom stereocenters. The number of hydrogen-bond donors (Lipinski definition) is 1. The molecule has 0 spiro atoms. The van der Waals surface area contributed by atoms with Crippen molar-refractivity contribution in [2.45, 2.75) is 20.8 Å². The highest BCUT2D eigenvalue weighted by molar-refractivity contribution is 7.92. The van der Waals surface area contributed by atoms with E-state index in [4.69, 9.17) is 0 Å². The van der Waals surface area contributed by atoms with E-state index in [1.165, 1.54) is 5.56 Å². The van der Waals surface area contributed by atoms with Gasteiger partial charge in [0, 0.05) is 12.2 Å². The number of nitrogens with one attached hydrogen (secondary N) is 1. The summed E-state index contributed by atoms with van der Waals surface area (Å²) in [5, 5.41) is 0. The fourth-order valence-corrected chi connectivity index (χ4v) is 2.75. The van der Waals surface area contributed by atoms with Crippen molar-refractivity contribution in [3.8, 4) is 0 Å². The van der Waals surface area contributed by atoms with E-state index in [2.05, 4.69) is 27.6 Å². The molecule has 0 bridgehead atoms. The third kappa shape index (κ3) is 3.98. The van der Waals surface area contributed by atoms with E-state index < -0.39 is 10.0 Å². The molecular formula is C16H21N3O2S. The average molecular weight is 319 g/mol. The Balaban J connectivity index is 2.24. The highest BCUT2D eigenvalue weighted by Crippen LogP contribution is 2.25. The highest BCUT2D eigenvalue weighted by Gasteiger charge is 2.10. The fourth-order valence-electron chi connectivity index (χ4n) is 2.13. The van der Waals surface area contributed by atoms with Crippen LogP contribution >= 0.6 is 0 Å². The number of rotatable bonds is 6. The van der Waals surface area contributed by atoms with Gasteiger partial charge in [-0.15, -0.1) is 0 Å². The Morgan fingerprint density at radius 1 is 1.18 bits per heavy atom. The first kappa shape index (κ1) is 16.3. The molecule has 1 N–H and O–H groups in total. The van der Waals surface area contributed by atoms with Gasteiger partial charge in [0.2, 0.25) is 10.0 Å². The minimum absolute atomic E-state index is 0.0408. The van der Waals surface area contributed by atoms with Gasteiger partial charge in [0.15, 0.2) is 0 Å². The zero-order valence-corrected chi connectivity index (χ0v) is 13.9. The number of aromatic nitrogens is 1. The van der Waals surface area contributed by atoms with E-state index in [0.29, 0.717) is 5.69 Å². The lowest BCUT2D eigenvalue weighted by molar-refractivity contribution is 0.602. The van der Waals surface area contributed by atoms with Crippen molar-refractivity contribution in [2.24, 2.45) is 0 Å². The molecule has 0 radical (unpaired) electrons. The number of benzene rings is 1. The van der Waals surface area contributed by atoms with Crippen LogP contribution in [0.15, 0.2) is 42.6 Å². The van der Waals surface area contributed by atoms with Crippen LogP contribution in [0.5, 0.6) is 0 Å². The number of aryl methyl sites for hydroxylation is 1. The summed E-state index contributed by atoms with van der Waals surface area (Å²) in [4.78, 5) is 6.45. The first-order valence-corrected chi connectivity index (χ1v) is 8.91. The largest absolute Gasteiger partial charge is 0.327 e. The van der Waals surface area contributed by atoms with Gasteiger partial charge in [0.25, 0.3) is 0 Å². The normalized spacial score (nSPS) is 11.2. The Labute approximate surface area is 132 Å². The summed E-state index contributed by atoms with van der Waals surface area (Å²) in [6.07, 6.45) is 1.54. The van der Waals surface area contributed by atoms with Crippen molar-refractivity contribution < 1.29 is 8.42 Å². The molecule has 0 saturated heterocycles. The molecule has 2 rings (SSSR count). The molecule has 2 aromatic rings. The van der Waals surface area contributed by atoms with Gasteiger partial charge in [0.1, 0.15) is 5.82 Å². The zero-order chi connectivity index (χ0) is 16.2. The molecule has 1 heterocycles. The van der Waals surface area contributed by atoms with Crippen LogP contribution in [0, 0.1) is 6.92 Å². The average Bonchev–Trinajstić information content (AvgIpc) is 2.49. The molecule has 0 aliphatic heterocycles. The maximum Gasteiger partial charge on any atom is 0.232 e. The van der Waals surface area contributed by atoms with Gasteiger partial charge in [-0.25, -0.2) is 13.4 Å². The molecule has 1 aromatic heterocycles. The quantitative estimate of drug-likeness (QED) is 0.887. The number of pyridine rings is 1. The molecular weight excluding hydrogens is 298 g/mol. The summed E-state index contributed by atoms with van der Waals surface area (Å²) in [5.74, 6) is 0.826. The van der Waals surface area contributed by atoms with E-state index in [-0.39, 0.29) is 5.75 Å². The van der Waals surface area contributed by atoms with Crippen LogP contribution in [0.4, 0.5) is 17.2 Å². The van der Waals surface area contributed by atoms with Crippen LogP contribution in [0.25, 0.3) is 0 Å². The second-order valence-corrected chi connectivity index (χ2v) is 7.00. The molecule has 22 heavy (non-hydrogen) atoms. The van der Waals surface area contributed by atoms with Crippen molar-refractivity contribution in [2.75, 3.05) is 21.9 Å². The third-order valence-corrected chi connectivity index (χ3v) is 4.61. The lowest BCUT2D eigenvalue weighted by Gasteiger charge is -2.22. The van der Waals surface area contributed by atoms with Gasteiger partial charge in [-0.2, -0.15) is 0 Å². The first-order chi connectivity index (χ1) is 10.4. The molecule has 0 fully saturated rings. The van der Waals surface area contributed by atoms with Gasteiger partial charge in [-0.3, -0.25) is 4.72 Å². The van der Waals surface area contributed by atoms with Crippen molar-refractivity contribution >= 4 is 27.2 Å². The number of sulfonamides is 1. The Morgan fingerprint density at radius 2 is 1.95 bits per heavy atom. The predicted octanol–water partition coefficient (Wildman–Crippen LogP) is 3.31. The zero-order valence-electron chi connectivity index (χ0n) is 13.1. The van der Waals surface area contributed by atoms with Crippen molar-refractivity contribution in [1.29, 1.82) is 0 Å². The molecule has 1 aromatic carbocycles. The minimum atomic E-state index is -3.27. The van der Waals surface area contributed by atoms with Crippen LogP contribution < -0.4 is 9.62 Å². The van der Waals surface area contributed by atoms with Crippen LogP contribution in [0.2, 0.25) is 0 Å². The van der Waals surface area contributed by atoms with Gasteiger partial charge >= 0.3 is 0 Å². The van der Waals surface area contributed by atoms with E-state index in [9.17, 15) is 8.42 Å². The first-order valence-electron chi connectivity index (χ1n) is 7.26. The lowest BCUT2D eigenvalue weighted by Crippen LogP contribution is -2.18. The van der Waals surface area contributed by atoms with Crippen LogP contribution in [-0.4, -0.2) is 25.7 Å². The Hall–Kier alpha value is -2.08. The maximum absolute atomic E-state index is 11.6. The van der Waals surface area contributed by atoms with E-state index >= 15 is 0 Å². The highest BCUT2D eigenvalue weighted by atomic mass is 32.2. The predicted molar refractivity (Wildman–Crippen MR) is 91.2 cm³/mol. The molecule has 6 heteroatoms. The molecule has 0 atom stereocenters. The second kappa shape index (κ2) is 6.79.